The van der Waals surface area contributed by atoms with Crippen molar-refractivity contribution in [1.82, 2.24) is 4.57 Å². The van der Waals surface area contributed by atoms with Gasteiger partial charge in [0.2, 0.25) is 0 Å². The molecule has 2 fully saturated rings. The maximum absolute atomic E-state index is 5.36. The molecule has 1 aromatic carbocycles. The SMILES string of the molecule is CC1(Cn2ccc3ccc(C4CC4)cc32)COC1. The van der Waals surface area contributed by atoms with E-state index >= 15 is 0 Å². The molecule has 0 atom stereocenters. The first-order valence-corrected chi connectivity index (χ1v) is 6.90. The molecule has 0 N–H and O–H groups in total. The molecule has 94 valence electrons. The Morgan fingerprint density at radius 1 is 1.28 bits per heavy atom. The van der Waals surface area contributed by atoms with Crippen molar-refractivity contribution in [3.63, 3.8) is 0 Å². The van der Waals surface area contributed by atoms with E-state index in [0.29, 0.717) is 5.41 Å². The molecule has 0 bridgehead atoms. The molecule has 0 radical (unpaired) electrons. The highest BCUT2D eigenvalue weighted by atomic mass is 16.5. The fourth-order valence-corrected chi connectivity index (χ4v) is 2.96. The highest BCUT2D eigenvalue weighted by Gasteiger charge is 2.34. The largest absolute Gasteiger partial charge is 0.380 e. The van der Waals surface area contributed by atoms with Crippen molar-refractivity contribution in [2.75, 3.05) is 13.2 Å². The van der Waals surface area contributed by atoms with Crippen molar-refractivity contribution in [1.29, 1.82) is 0 Å². The summed E-state index contributed by atoms with van der Waals surface area (Å²) >= 11 is 0. The van der Waals surface area contributed by atoms with Gasteiger partial charge in [-0.15, -0.1) is 0 Å². The first-order chi connectivity index (χ1) is 8.73. The van der Waals surface area contributed by atoms with Crippen LogP contribution in [-0.2, 0) is 11.3 Å². The van der Waals surface area contributed by atoms with E-state index in [4.69, 9.17) is 4.74 Å². The normalized spacial score (nSPS) is 22.1. The lowest BCUT2D eigenvalue weighted by Gasteiger charge is -2.38. The fraction of sp³-hybridized carbons (Fsp3) is 0.500. The zero-order valence-electron chi connectivity index (χ0n) is 10.9. The third kappa shape index (κ3) is 1.67. The van der Waals surface area contributed by atoms with Crippen molar-refractivity contribution < 1.29 is 4.74 Å². The van der Waals surface area contributed by atoms with Gasteiger partial charge in [0.05, 0.1) is 13.2 Å². The van der Waals surface area contributed by atoms with Gasteiger partial charge in [-0.05, 0) is 41.8 Å². The molecular weight excluding hydrogens is 222 g/mol. The van der Waals surface area contributed by atoms with Crippen LogP contribution in [0.5, 0.6) is 0 Å². The number of rotatable bonds is 3. The molecule has 1 aliphatic heterocycles. The molecule has 4 rings (SSSR count). The van der Waals surface area contributed by atoms with E-state index in [1.54, 1.807) is 0 Å². The molecule has 1 aliphatic carbocycles. The van der Waals surface area contributed by atoms with Crippen LogP contribution in [0, 0.1) is 5.41 Å². The zero-order chi connectivity index (χ0) is 12.2. The molecule has 1 aromatic heterocycles. The van der Waals surface area contributed by atoms with Gasteiger partial charge in [-0.3, -0.25) is 0 Å². The summed E-state index contributed by atoms with van der Waals surface area (Å²) in [6.07, 6.45) is 4.97. The molecule has 1 saturated carbocycles. The average Bonchev–Trinajstić information content (AvgIpc) is 3.11. The molecular formula is C16H19NO. The molecule has 2 nitrogen and oxygen atoms in total. The Bertz CT molecular complexity index is 590. The minimum absolute atomic E-state index is 0.335. The van der Waals surface area contributed by atoms with Crippen LogP contribution in [0.2, 0.25) is 0 Å². The molecule has 0 spiro atoms. The van der Waals surface area contributed by atoms with Crippen molar-refractivity contribution in [2.45, 2.75) is 32.2 Å². The van der Waals surface area contributed by atoms with Crippen LogP contribution < -0.4 is 0 Å². The first kappa shape index (κ1) is 10.6. The Morgan fingerprint density at radius 2 is 2.11 bits per heavy atom. The first-order valence-electron chi connectivity index (χ1n) is 6.90. The van der Waals surface area contributed by atoms with Gasteiger partial charge < -0.3 is 9.30 Å². The number of nitrogens with zero attached hydrogens (tertiary/aromatic N) is 1. The predicted octanol–water partition coefficient (Wildman–Crippen LogP) is 3.56. The van der Waals surface area contributed by atoms with Gasteiger partial charge in [0.15, 0.2) is 0 Å². The Morgan fingerprint density at radius 3 is 2.78 bits per heavy atom. The smallest absolute Gasteiger partial charge is 0.0559 e. The monoisotopic (exact) mass is 241 g/mol. The van der Waals surface area contributed by atoms with E-state index in [1.165, 1.54) is 29.3 Å². The topological polar surface area (TPSA) is 14.2 Å². The molecule has 2 heteroatoms. The second kappa shape index (κ2) is 3.61. The van der Waals surface area contributed by atoms with E-state index in [-0.39, 0.29) is 0 Å². The fourth-order valence-electron chi connectivity index (χ4n) is 2.96. The van der Waals surface area contributed by atoms with Crippen LogP contribution >= 0.6 is 0 Å². The van der Waals surface area contributed by atoms with E-state index in [2.05, 4.69) is 42.0 Å². The second-order valence-electron chi connectivity index (χ2n) is 6.34. The number of ether oxygens (including phenoxy) is 1. The Balaban J connectivity index is 1.72. The molecule has 0 unspecified atom stereocenters. The van der Waals surface area contributed by atoms with Gasteiger partial charge in [0.1, 0.15) is 0 Å². The zero-order valence-corrected chi connectivity index (χ0v) is 10.9. The number of hydrogen-bond donors (Lipinski definition) is 0. The summed E-state index contributed by atoms with van der Waals surface area (Å²) in [5.41, 5.74) is 3.26. The third-order valence-corrected chi connectivity index (χ3v) is 4.30. The highest BCUT2D eigenvalue weighted by Crippen LogP contribution is 2.41. The summed E-state index contributed by atoms with van der Waals surface area (Å²) in [6.45, 7) is 5.18. The van der Waals surface area contributed by atoms with Crippen LogP contribution in [0.3, 0.4) is 0 Å². The van der Waals surface area contributed by atoms with Gasteiger partial charge in [-0.2, -0.15) is 0 Å². The summed E-state index contributed by atoms with van der Waals surface area (Å²) < 4.78 is 7.76. The van der Waals surface area contributed by atoms with Crippen molar-refractivity contribution in [3.05, 3.63) is 36.0 Å². The predicted molar refractivity (Wildman–Crippen MR) is 72.8 cm³/mol. The highest BCUT2D eigenvalue weighted by molar-refractivity contribution is 5.81. The number of benzene rings is 1. The van der Waals surface area contributed by atoms with E-state index in [1.807, 2.05) is 0 Å². The van der Waals surface area contributed by atoms with E-state index < -0.39 is 0 Å². The van der Waals surface area contributed by atoms with Crippen LogP contribution in [0.4, 0.5) is 0 Å². The summed E-state index contributed by atoms with van der Waals surface area (Å²) in [7, 11) is 0. The maximum atomic E-state index is 5.36. The average molecular weight is 241 g/mol. The summed E-state index contributed by atoms with van der Waals surface area (Å²) in [4.78, 5) is 0. The number of hydrogen-bond acceptors (Lipinski definition) is 1. The lowest BCUT2D eigenvalue weighted by Crippen LogP contribution is -2.42. The molecule has 2 heterocycles. The quantitative estimate of drug-likeness (QED) is 0.801. The summed E-state index contributed by atoms with van der Waals surface area (Å²) in [6, 6.07) is 9.21. The van der Waals surface area contributed by atoms with Crippen molar-refractivity contribution >= 4 is 10.9 Å². The Kier molecular flexibility index (Phi) is 2.13. The van der Waals surface area contributed by atoms with E-state index in [9.17, 15) is 0 Å². The third-order valence-electron chi connectivity index (χ3n) is 4.30. The molecule has 2 aliphatic rings. The Labute approximate surface area is 108 Å². The molecule has 0 amide bonds. The lowest BCUT2D eigenvalue weighted by atomic mass is 9.88. The molecule has 2 aromatic rings. The van der Waals surface area contributed by atoms with Crippen LogP contribution in [0.1, 0.15) is 31.2 Å². The van der Waals surface area contributed by atoms with Gasteiger partial charge in [0.25, 0.3) is 0 Å². The van der Waals surface area contributed by atoms with Gasteiger partial charge >= 0.3 is 0 Å². The summed E-state index contributed by atoms with van der Waals surface area (Å²) in [5.74, 6) is 0.834. The minimum Gasteiger partial charge on any atom is -0.380 e. The minimum atomic E-state index is 0.335. The van der Waals surface area contributed by atoms with Gasteiger partial charge in [-0.25, -0.2) is 0 Å². The lowest BCUT2D eigenvalue weighted by molar-refractivity contribution is -0.109. The van der Waals surface area contributed by atoms with Crippen LogP contribution in [0.15, 0.2) is 30.5 Å². The van der Waals surface area contributed by atoms with Crippen LogP contribution in [0.25, 0.3) is 10.9 Å². The standard InChI is InChI=1S/C16H19NO/c1-16(10-18-11-16)9-17-7-6-13-4-5-14(8-15(13)17)12-2-3-12/h4-8,12H,2-3,9-11H2,1H3. The van der Waals surface area contributed by atoms with Crippen molar-refractivity contribution in [3.8, 4) is 0 Å². The number of aromatic nitrogens is 1. The van der Waals surface area contributed by atoms with Gasteiger partial charge in [-0.1, -0.05) is 19.1 Å². The van der Waals surface area contributed by atoms with Crippen molar-refractivity contribution in [2.24, 2.45) is 5.41 Å². The maximum Gasteiger partial charge on any atom is 0.0559 e. The van der Waals surface area contributed by atoms with Gasteiger partial charge in [0, 0.05) is 23.7 Å². The summed E-state index contributed by atoms with van der Waals surface area (Å²) in [5, 5.41) is 1.36. The Hall–Kier alpha value is -1.28. The van der Waals surface area contributed by atoms with E-state index in [0.717, 1.165) is 25.7 Å². The van der Waals surface area contributed by atoms with Crippen LogP contribution in [-0.4, -0.2) is 17.8 Å². The second-order valence-corrected chi connectivity index (χ2v) is 6.34. The number of fused-ring (bicyclic) bond motifs is 1. The molecule has 18 heavy (non-hydrogen) atoms. The molecule has 1 saturated heterocycles.